The molecule has 10 nitrogen and oxygen atoms in total. The quantitative estimate of drug-likeness (QED) is 0.276. The maximum atomic E-state index is 12.6. The van der Waals surface area contributed by atoms with Gasteiger partial charge in [-0.1, -0.05) is 0 Å². The van der Waals surface area contributed by atoms with Crippen molar-refractivity contribution in [1.29, 1.82) is 0 Å². The lowest BCUT2D eigenvalue weighted by Gasteiger charge is -2.75. The maximum absolute atomic E-state index is 12.6. The van der Waals surface area contributed by atoms with Crippen LogP contribution >= 0.6 is 0 Å². The molecule has 5 rings (SSSR count). The van der Waals surface area contributed by atoms with Crippen molar-refractivity contribution in [1.82, 2.24) is 0 Å². The molecule has 22 heavy (non-hydrogen) atoms. The van der Waals surface area contributed by atoms with Crippen molar-refractivity contribution >= 4 is 5.84 Å². The van der Waals surface area contributed by atoms with Crippen LogP contribution in [0.3, 0.4) is 0 Å². The van der Waals surface area contributed by atoms with Crippen molar-refractivity contribution in [2.75, 3.05) is 6.61 Å². The van der Waals surface area contributed by atoms with E-state index in [-0.39, 0.29) is 12.3 Å². The number of amidine groups is 1. The third-order valence-corrected chi connectivity index (χ3v) is 5.56. The Hall–Kier alpha value is -0.850. The number of nitrogens with zero attached hydrogens (tertiary/aromatic N) is 1. The molecule has 4 bridgehead atoms. The molecule has 4 aliphatic heterocycles. The summed E-state index contributed by atoms with van der Waals surface area (Å²) in [5.41, 5.74) is 2.01. The lowest BCUT2D eigenvalue weighted by molar-refractivity contribution is -0.714. The number of rotatable bonds is 1. The molecule has 7 unspecified atom stereocenters. The van der Waals surface area contributed by atoms with E-state index in [1.54, 1.807) is 0 Å². The van der Waals surface area contributed by atoms with Gasteiger partial charge < -0.3 is 45.8 Å². The molecule has 10 heteroatoms. The largest absolute Gasteiger partial charge is 0.805 e. The van der Waals surface area contributed by atoms with Gasteiger partial charge in [-0.25, -0.2) is 4.99 Å². The number of nitrogens with two attached hydrogens (primary N) is 1. The highest BCUT2D eigenvalue weighted by Gasteiger charge is 2.79. The minimum Gasteiger partial charge on any atom is -0.805 e. The normalized spacial score (nSPS) is 62.7. The van der Waals surface area contributed by atoms with Gasteiger partial charge in [0.05, 0.1) is 18.5 Å². The minimum atomic E-state index is -2.70. The van der Waals surface area contributed by atoms with E-state index in [9.17, 15) is 30.6 Å². The predicted octanol–water partition coefficient (Wildman–Crippen LogP) is -5.06. The van der Waals surface area contributed by atoms with Gasteiger partial charge in [-0.05, 0) is 0 Å². The summed E-state index contributed by atoms with van der Waals surface area (Å²) in [5, 5.41) is 64.0. The smallest absolute Gasteiger partial charge is 0.153 e. The standard InChI is InChI=1S/C12H17N2O8/c13-3-1-10-4(8(17)14-3)6-11(19,2-15)7(5(10)16)22-12(20,21-6)9(10)18/h4-9,15-19H,1-2H2,(H2,13,14)/q-1/t4?,5-,6?,7?,8?,9+,10?,11?,12?/m1/s1. The van der Waals surface area contributed by atoms with Gasteiger partial charge in [0.15, 0.2) is 6.23 Å². The van der Waals surface area contributed by atoms with E-state index in [2.05, 4.69) is 4.99 Å². The van der Waals surface area contributed by atoms with Crippen LogP contribution in [0.15, 0.2) is 4.99 Å². The summed E-state index contributed by atoms with van der Waals surface area (Å²) in [6.45, 7) is -0.857. The molecule has 5 aliphatic rings. The Labute approximate surface area is 124 Å². The molecular weight excluding hydrogens is 300 g/mol. The van der Waals surface area contributed by atoms with Gasteiger partial charge in [0.2, 0.25) is 0 Å². The second-order valence-electron chi connectivity index (χ2n) is 6.53. The van der Waals surface area contributed by atoms with Gasteiger partial charge in [0, 0.05) is 17.8 Å². The van der Waals surface area contributed by atoms with Gasteiger partial charge in [-0.2, -0.15) is 0 Å². The van der Waals surface area contributed by atoms with E-state index >= 15 is 0 Å². The van der Waals surface area contributed by atoms with Crippen LogP contribution in [-0.4, -0.2) is 80.2 Å². The van der Waals surface area contributed by atoms with Crippen LogP contribution in [-0.2, 0) is 9.47 Å². The SMILES string of the molecule is NC1=NC(O)C2C3OC4([O-])OC([C@@H](O)C2(C1)[C@@H]4O)C3(O)CO. The number of aliphatic hydroxyl groups is 5. The molecular formula is C12H17N2O8-. The van der Waals surface area contributed by atoms with Gasteiger partial charge in [0.1, 0.15) is 29.9 Å². The number of hydrogen-bond donors (Lipinski definition) is 6. The second kappa shape index (κ2) is 3.97. The van der Waals surface area contributed by atoms with Crippen LogP contribution < -0.4 is 10.8 Å². The van der Waals surface area contributed by atoms with Gasteiger partial charge in [0.25, 0.3) is 0 Å². The molecule has 9 atom stereocenters. The third-order valence-electron chi connectivity index (χ3n) is 5.56. The lowest BCUT2D eigenvalue weighted by atomic mass is 9.49. The van der Waals surface area contributed by atoms with Gasteiger partial charge >= 0.3 is 0 Å². The summed E-state index contributed by atoms with van der Waals surface area (Å²) in [7, 11) is 0. The highest BCUT2D eigenvalue weighted by Crippen LogP contribution is 2.63. The van der Waals surface area contributed by atoms with Crippen LogP contribution in [0.4, 0.5) is 0 Å². The Bertz CT molecular complexity index is 559. The minimum absolute atomic E-state index is 0.0278. The topological polar surface area (TPSA) is 181 Å². The highest BCUT2D eigenvalue weighted by atomic mass is 16.9. The molecule has 1 spiro atoms. The Morgan fingerprint density at radius 1 is 1.27 bits per heavy atom. The summed E-state index contributed by atoms with van der Waals surface area (Å²) in [6.07, 6.45) is -7.82. The van der Waals surface area contributed by atoms with Crippen LogP contribution in [0.1, 0.15) is 6.42 Å². The first kappa shape index (κ1) is 14.7. The molecule has 0 aromatic heterocycles. The van der Waals surface area contributed by atoms with Crippen molar-refractivity contribution < 1.29 is 40.1 Å². The third kappa shape index (κ3) is 1.32. The molecule has 3 saturated heterocycles. The van der Waals surface area contributed by atoms with Gasteiger partial charge in [-0.3, -0.25) is 0 Å². The highest BCUT2D eigenvalue weighted by molar-refractivity contribution is 5.82. The Morgan fingerprint density at radius 3 is 2.55 bits per heavy atom. The van der Waals surface area contributed by atoms with E-state index in [1.807, 2.05) is 0 Å². The zero-order valence-corrected chi connectivity index (χ0v) is 11.4. The summed E-state index contributed by atoms with van der Waals surface area (Å²) in [6, 6.07) is 0. The fraction of sp³-hybridized carbons (Fsp3) is 0.917. The number of ether oxygens (including phenoxy) is 2. The van der Waals surface area contributed by atoms with E-state index in [4.69, 9.17) is 15.2 Å². The van der Waals surface area contributed by atoms with Crippen molar-refractivity contribution in [3.05, 3.63) is 0 Å². The predicted molar refractivity (Wildman–Crippen MR) is 64.7 cm³/mol. The van der Waals surface area contributed by atoms with Crippen molar-refractivity contribution in [2.45, 2.75) is 48.6 Å². The van der Waals surface area contributed by atoms with E-state index < -0.39 is 60.2 Å². The Balaban J connectivity index is 1.95. The van der Waals surface area contributed by atoms with E-state index in [1.165, 1.54) is 0 Å². The van der Waals surface area contributed by atoms with Crippen LogP contribution in [0, 0.1) is 11.3 Å². The average Bonchev–Trinajstić information content (AvgIpc) is 2.45. The van der Waals surface area contributed by atoms with Crippen LogP contribution in [0.25, 0.3) is 0 Å². The molecule has 1 saturated carbocycles. The van der Waals surface area contributed by atoms with Crippen molar-refractivity contribution in [2.24, 2.45) is 22.1 Å². The van der Waals surface area contributed by atoms with Crippen molar-refractivity contribution in [3.63, 3.8) is 0 Å². The summed E-state index contributed by atoms with van der Waals surface area (Å²) >= 11 is 0. The van der Waals surface area contributed by atoms with Crippen molar-refractivity contribution in [3.8, 4) is 0 Å². The Kier molecular flexibility index (Phi) is 2.66. The summed E-state index contributed by atoms with van der Waals surface area (Å²) < 4.78 is 10.1. The van der Waals surface area contributed by atoms with E-state index in [0.29, 0.717) is 0 Å². The fourth-order valence-electron chi connectivity index (χ4n) is 4.58. The number of aliphatic imine (C=N–C) groups is 1. The Morgan fingerprint density at radius 2 is 1.91 bits per heavy atom. The van der Waals surface area contributed by atoms with E-state index in [0.717, 1.165) is 0 Å². The molecule has 0 aromatic carbocycles. The molecule has 7 N–H and O–H groups in total. The summed E-state index contributed by atoms with van der Waals surface area (Å²) in [4.78, 5) is 3.79. The molecule has 4 heterocycles. The first-order valence-corrected chi connectivity index (χ1v) is 6.96. The molecule has 0 aromatic rings. The molecule has 124 valence electrons. The number of aliphatic hydroxyl groups excluding tert-OH is 4. The number of hydrogen-bond acceptors (Lipinski definition) is 10. The summed E-state index contributed by atoms with van der Waals surface area (Å²) in [5.74, 6) is -3.84. The first-order chi connectivity index (χ1) is 10.2. The maximum Gasteiger partial charge on any atom is 0.153 e. The second-order valence-corrected chi connectivity index (χ2v) is 6.53. The zero-order valence-electron chi connectivity index (χ0n) is 11.4. The molecule has 1 aliphatic carbocycles. The zero-order chi connectivity index (χ0) is 16.1. The van der Waals surface area contributed by atoms with Crippen LogP contribution in [0.2, 0.25) is 0 Å². The first-order valence-electron chi connectivity index (χ1n) is 6.96. The average molecular weight is 317 g/mol. The molecule has 0 radical (unpaired) electrons. The monoisotopic (exact) mass is 317 g/mol. The van der Waals surface area contributed by atoms with Crippen LogP contribution in [0.5, 0.6) is 0 Å². The molecule has 4 fully saturated rings. The van der Waals surface area contributed by atoms with Gasteiger partial charge in [-0.15, -0.1) is 0 Å². The molecule has 0 amide bonds. The lowest BCUT2D eigenvalue weighted by Crippen LogP contribution is -2.91. The fourth-order valence-corrected chi connectivity index (χ4v) is 4.58.